The van der Waals surface area contributed by atoms with Crippen LogP contribution >= 0.6 is 0 Å². The van der Waals surface area contributed by atoms with Gasteiger partial charge in [0.25, 0.3) is 0 Å². The van der Waals surface area contributed by atoms with Crippen LogP contribution in [-0.2, 0) is 0 Å². The first-order valence-corrected chi connectivity index (χ1v) is 6.90. The summed E-state index contributed by atoms with van der Waals surface area (Å²) in [7, 11) is 0. The second kappa shape index (κ2) is 6.84. The van der Waals surface area contributed by atoms with Crippen LogP contribution in [0.3, 0.4) is 0 Å². The molecule has 1 aliphatic heterocycles. The van der Waals surface area contributed by atoms with Crippen molar-refractivity contribution in [2.24, 2.45) is 11.1 Å². The van der Waals surface area contributed by atoms with Crippen LogP contribution in [0, 0.1) is 5.41 Å². The van der Waals surface area contributed by atoms with E-state index in [9.17, 15) is 4.79 Å². The molecule has 0 spiro atoms. The van der Waals surface area contributed by atoms with E-state index >= 15 is 0 Å². The fourth-order valence-corrected chi connectivity index (χ4v) is 2.33. The van der Waals surface area contributed by atoms with Gasteiger partial charge in [0.15, 0.2) is 0 Å². The third-order valence-electron chi connectivity index (χ3n) is 4.19. The largest absolute Gasteiger partial charge is 0.337 e. The SMILES string of the molecule is CCC(CC)(CN)CNC(=O)N1CCCCC1. The van der Waals surface area contributed by atoms with E-state index in [0.717, 1.165) is 38.8 Å². The van der Waals surface area contributed by atoms with Crippen LogP contribution in [0.1, 0.15) is 46.0 Å². The van der Waals surface area contributed by atoms with E-state index in [2.05, 4.69) is 19.2 Å². The summed E-state index contributed by atoms with van der Waals surface area (Å²) in [5.41, 5.74) is 5.90. The summed E-state index contributed by atoms with van der Waals surface area (Å²) in [6.45, 7) is 7.43. The van der Waals surface area contributed by atoms with Gasteiger partial charge in [-0.3, -0.25) is 0 Å². The molecule has 1 aliphatic rings. The Morgan fingerprint density at radius 2 is 1.82 bits per heavy atom. The van der Waals surface area contributed by atoms with Gasteiger partial charge < -0.3 is 16.0 Å². The molecule has 1 saturated heterocycles. The van der Waals surface area contributed by atoms with Gasteiger partial charge in [-0.05, 0) is 44.1 Å². The number of urea groups is 1. The van der Waals surface area contributed by atoms with Crippen molar-refractivity contribution in [3.8, 4) is 0 Å². The quantitative estimate of drug-likeness (QED) is 0.773. The summed E-state index contributed by atoms with van der Waals surface area (Å²) < 4.78 is 0. The molecule has 0 aromatic carbocycles. The minimum Gasteiger partial charge on any atom is -0.337 e. The Bertz CT molecular complexity index is 225. The Balaban J connectivity index is 2.40. The van der Waals surface area contributed by atoms with Crippen LogP contribution in [-0.4, -0.2) is 37.1 Å². The van der Waals surface area contributed by atoms with Gasteiger partial charge in [-0.2, -0.15) is 0 Å². The van der Waals surface area contributed by atoms with Crippen LogP contribution in [0.5, 0.6) is 0 Å². The van der Waals surface area contributed by atoms with Crippen molar-refractivity contribution < 1.29 is 4.79 Å². The number of carbonyl (C=O) groups is 1. The molecule has 3 N–H and O–H groups in total. The van der Waals surface area contributed by atoms with Crippen LogP contribution in [0.15, 0.2) is 0 Å². The summed E-state index contributed by atoms with van der Waals surface area (Å²) in [5.74, 6) is 0. The van der Waals surface area contributed by atoms with Gasteiger partial charge >= 0.3 is 6.03 Å². The highest BCUT2D eigenvalue weighted by Gasteiger charge is 2.26. The van der Waals surface area contributed by atoms with Crippen molar-refractivity contribution in [2.45, 2.75) is 46.0 Å². The second-order valence-corrected chi connectivity index (χ2v) is 5.12. The van der Waals surface area contributed by atoms with Gasteiger partial charge in [0.05, 0.1) is 0 Å². The van der Waals surface area contributed by atoms with E-state index in [1.54, 1.807) is 0 Å². The van der Waals surface area contributed by atoms with Crippen molar-refractivity contribution in [1.82, 2.24) is 10.2 Å². The Morgan fingerprint density at radius 3 is 2.29 bits per heavy atom. The molecule has 0 aromatic heterocycles. The van der Waals surface area contributed by atoms with E-state index in [1.807, 2.05) is 4.90 Å². The molecule has 4 nitrogen and oxygen atoms in total. The minimum absolute atomic E-state index is 0.0748. The fraction of sp³-hybridized carbons (Fsp3) is 0.923. The average molecular weight is 241 g/mol. The predicted octanol–water partition coefficient (Wildman–Crippen LogP) is 1.95. The second-order valence-electron chi connectivity index (χ2n) is 5.12. The highest BCUT2D eigenvalue weighted by atomic mass is 16.2. The van der Waals surface area contributed by atoms with Gasteiger partial charge in [0.1, 0.15) is 0 Å². The van der Waals surface area contributed by atoms with E-state index in [4.69, 9.17) is 5.73 Å². The van der Waals surface area contributed by atoms with Gasteiger partial charge in [-0.15, -0.1) is 0 Å². The normalized spacial score (nSPS) is 17.0. The highest BCUT2D eigenvalue weighted by molar-refractivity contribution is 5.74. The maximum atomic E-state index is 12.0. The number of likely N-dealkylation sites (tertiary alicyclic amines) is 1. The zero-order valence-corrected chi connectivity index (χ0v) is 11.3. The summed E-state index contributed by atoms with van der Waals surface area (Å²) in [6, 6.07) is 0.0874. The number of rotatable bonds is 5. The highest BCUT2D eigenvalue weighted by Crippen LogP contribution is 2.23. The molecule has 4 heteroatoms. The molecular weight excluding hydrogens is 214 g/mol. The van der Waals surface area contributed by atoms with Gasteiger partial charge in [-0.25, -0.2) is 4.79 Å². The fourth-order valence-electron chi connectivity index (χ4n) is 2.33. The monoisotopic (exact) mass is 241 g/mol. The van der Waals surface area contributed by atoms with Crippen molar-refractivity contribution in [3.63, 3.8) is 0 Å². The molecule has 0 saturated carbocycles. The lowest BCUT2D eigenvalue weighted by molar-refractivity contribution is 0.176. The molecule has 17 heavy (non-hydrogen) atoms. The lowest BCUT2D eigenvalue weighted by atomic mass is 9.82. The number of hydrogen-bond donors (Lipinski definition) is 2. The predicted molar refractivity (Wildman–Crippen MR) is 70.9 cm³/mol. The van der Waals surface area contributed by atoms with Gasteiger partial charge in [0, 0.05) is 19.6 Å². The molecule has 0 atom stereocenters. The molecule has 0 unspecified atom stereocenters. The van der Waals surface area contributed by atoms with Crippen molar-refractivity contribution in [2.75, 3.05) is 26.2 Å². The average Bonchev–Trinajstić information content (AvgIpc) is 2.41. The van der Waals surface area contributed by atoms with Crippen LogP contribution in [0.25, 0.3) is 0 Å². The number of hydrogen-bond acceptors (Lipinski definition) is 2. The van der Waals surface area contributed by atoms with E-state index < -0.39 is 0 Å². The first-order chi connectivity index (χ1) is 8.17. The van der Waals surface area contributed by atoms with E-state index in [1.165, 1.54) is 6.42 Å². The Hall–Kier alpha value is -0.770. The van der Waals surface area contributed by atoms with Crippen LogP contribution in [0.2, 0.25) is 0 Å². The summed E-state index contributed by atoms with van der Waals surface area (Å²) in [5, 5.41) is 3.05. The lowest BCUT2D eigenvalue weighted by Gasteiger charge is -2.33. The first kappa shape index (κ1) is 14.3. The van der Waals surface area contributed by atoms with Crippen LogP contribution < -0.4 is 11.1 Å². The minimum atomic E-state index is 0.0748. The Labute approximate surface area is 105 Å². The number of nitrogens with one attached hydrogen (secondary N) is 1. The molecule has 2 amide bonds. The molecule has 0 aliphatic carbocycles. The third kappa shape index (κ3) is 3.87. The number of piperidine rings is 1. The molecule has 1 rings (SSSR count). The molecular formula is C13H27N3O. The smallest absolute Gasteiger partial charge is 0.317 e. The zero-order valence-electron chi connectivity index (χ0n) is 11.3. The van der Waals surface area contributed by atoms with E-state index in [0.29, 0.717) is 13.1 Å². The maximum Gasteiger partial charge on any atom is 0.317 e. The molecule has 0 aromatic rings. The number of amides is 2. The first-order valence-electron chi connectivity index (χ1n) is 6.90. The van der Waals surface area contributed by atoms with Crippen molar-refractivity contribution in [1.29, 1.82) is 0 Å². The van der Waals surface area contributed by atoms with Gasteiger partial charge in [0.2, 0.25) is 0 Å². The third-order valence-corrected chi connectivity index (χ3v) is 4.19. The molecule has 0 bridgehead atoms. The Kier molecular flexibility index (Phi) is 5.75. The molecule has 100 valence electrons. The lowest BCUT2D eigenvalue weighted by Crippen LogP contribution is -2.48. The molecule has 1 heterocycles. The van der Waals surface area contributed by atoms with Crippen molar-refractivity contribution in [3.05, 3.63) is 0 Å². The topological polar surface area (TPSA) is 58.4 Å². The van der Waals surface area contributed by atoms with Crippen LogP contribution in [0.4, 0.5) is 4.79 Å². The maximum absolute atomic E-state index is 12.0. The molecule has 0 radical (unpaired) electrons. The summed E-state index contributed by atoms with van der Waals surface area (Å²) >= 11 is 0. The zero-order chi connectivity index (χ0) is 12.7. The number of nitrogens with two attached hydrogens (primary N) is 1. The number of nitrogens with zero attached hydrogens (tertiary/aromatic N) is 1. The van der Waals surface area contributed by atoms with Gasteiger partial charge in [-0.1, -0.05) is 13.8 Å². The van der Waals surface area contributed by atoms with Crippen molar-refractivity contribution >= 4 is 6.03 Å². The molecule has 1 fully saturated rings. The van der Waals surface area contributed by atoms with E-state index in [-0.39, 0.29) is 11.4 Å². The number of carbonyl (C=O) groups excluding carboxylic acids is 1. The summed E-state index contributed by atoms with van der Waals surface area (Å²) in [6.07, 6.45) is 5.55. The standard InChI is InChI=1S/C13H27N3O/c1-3-13(4-2,10-14)11-15-12(17)16-8-6-5-7-9-16/h3-11,14H2,1-2H3,(H,15,17). The summed E-state index contributed by atoms with van der Waals surface area (Å²) in [4.78, 5) is 13.9. The Morgan fingerprint density at radius 1 is 1.24 bits per heavy atom.